The maximum atomic E-state index is 10.9. The molecule has 0 fully saturated rings. The molecular weight excluding hydrogens is 266 g/mol. The van der Waals surface area contributed by atoms with Gasteiger partial charge in [-0.25, -0.2) is 0 Å². The number of hydrogen-bond donors (Lipinski definition) is 0. The van der Waals surface area contributed by atoms with E-state index in [1.807, 2.05) is 24.3 Å². The summed E-state index contributed by atoms with van der Waals surface area (Å²) in [5.41, 5.74) is 1.98. The third-order valence-electron chi connectivity index (χ3n) is 3.30. The van der Waals surface area contributed by atoms with Gasteiger partial charge in [0.2, 0.25) is 0 Å². The smallest absolute Gasteiger partial charge is 0.276 e. The topological polar surface area (TPSA) is 52.4 Å². The van der Waals surface area contributed by atoms with Gasteiger partial charge in [0.1, 0.15) is 12.4 Å². The summed E-state index contributed by atoms with van der Waals surface area (Å²) in [6.45, 7) is 6.63. The summed E-state index contributed by atoms with van der Waals surface area (Å²) in [7, 11) is 0. The molecule has 4 nitrogen and oxygen atoms in total. The fourth-order valence-electron chi connectivity index (χ4n) is 2.02. The Kier molecular flexibility index (Phi) is 4.26. The number of ether oxygens (including phenoxy) is 1. The van der Waals surface area contributed by atoms with E-state index in [-0.39, 0.29) is 22.6 Å². The van der Waals surface area contributed by atoms with Crippen LogP contribution in [0.1, 0.15) is 31.9 Å². The van der Waals surface area contributed by atoms with Gasteiger partial charge in [0, 0.05) is 6.07 Å². The van der Waals surface area contributed by atoms with Crippen LogP contribution in [0.2, 0.25) is 0 Å². The quantitative estimate of drug-likeness (QED) is 0.615. The van der Waals surface area contributed by atoms with Crippen LogP contribution < -0.4 is 4.74 Å². The highest BCUT2D eigenvalue weighted by Gasteiger charge is 2.14. The molecule has 2 aromatic carbocycles. The first-order valence-electron chi connectivity index (χ1n) is 6.83. The van der Waals surface area contributed by atoms with E-state index in [1.165, 1.54) is 11.6 Å². The summed E-state index contributed by atoms with van der Waals surface area (Å²) < 4.78 is 5.65. The van der Waals surface area contributed by atoms with Crippen LogP contribution in [-0.4, -0.2) is 4.92 Å². The van der Waals surface area contributed by atoms with Crippen LogP contribution in [0.15, 0.2) is 48.5 Å². The summed E-state index contributed by atoms with van der Waals surface area (Å²) >= 11 is 0. The lowest BCUT2D eigenvalue weighted by atomic mass is 9.87. The minimum atomic E-state index is -0.388. The van der Waals surface area contributed by atoms with Gasteiger partial charge in [-0.3, -0.25) is 10.1 Å². The molecule has 2 rings (SSSR count). The molecule has 0 bridgehead atoms. The Bertz CT molecular complexity index is 627. The van der Waals surface area contributed by atoms with Gasteiger partial charge in [-0.15, -0.1) is 0 Å². The van der Waals surface area contributed by atoms with Crippen LogP contribution in [0.25, 0.3) is 0 Å². The van der Waals surface area contributed by atoms with Crippen molar-refractivity contribution in [3.05, 3.63) is 69.8 Å². The van der Waals surface area contributed by atoms with E-state index < -0.39 is 0 Å². The Labute approximate surface area is 124 Å². The Morgan fingerprint density at radius 1 is 1.05 bits per heavy atom. The van der Waals surface area contributed by atoms with Crippen LogP contribution in [0.5, 0.6) is 5.75 Å². The molecule has 0 saturated heterocycles. The first-order chi connectivity index (χ1) is 9.88. The second kappa shape index (κ2) is 5.95. The van der Waals surface area contributed by atoms with E-state index in [4.69, 9.17) is 4.74 Å². The van der Waals surface area contributed by atoms with Gasteiger partial charge < -0.3 is 4.74 Å². The number of rotatable bonds is 4. The Hall–Kier alpha value is -2.36. The van der Waals surface area contributed by atoms with Gasteiger partial charge in [0.15, 0.2) is 0 Å². The molecule has 0 aliphatic carbocycles. The fourth-order valence-corrected chi connectivity index (χ4v) is 2.02. The molecule has 4 heteroatoms. The van der Waals surface area contributed by atoms with Crippen molar-refractivity contribution in [3.63, 3.8) is 0 Å². The average Bonchev–Trinajstić information content (AvgIpc) is 2.45. The zero-order valence-electron chi connectivity index (χ0n) is 12.5. The highest BCUT2D eigenvalue weighted by Crippen LogP contribution is 2.25. The largest absolute Gasteiger partial charge is 0.489 e. The van der Waals surface area contributed by atoms with Crippen molar-refractivity contribution in [1.82, 2.24) is 0 Å². The van der Waals surface area contributed by atoms with E-state index in [9.17, 15) is 10.1 Å². The summed E-state index contributed by atoms with van der Waals surface area (Å²) in [6, 6.07) is 14.5. The lowest BCUT2D eigenvalue weighted by Gasteiger charge is -2.19. The van der Waals surface area contributed by atoms with Crippen molar-refractivity contribution in [2.75, 3.05) is 0 Å². The normalized spacial score (nSPS) is 11.2. The zero-order valence-corrected chi connectivity index (χ0v) is 12.5. The van der Waals surface area contributed by atoms with Crippen molar-refractivity contribution in [1.29, 1.82) is 0 Å². The molecule has 0 amide bonds. The van der Waals surface area contributed by atoms with E-state index in [0.29, 0.717) is 11.3 Å². The van der Waals surface area contributed by atoms with Gasteiger partial charge in [-0.2, -0.15) is 0 Å². The van der Waals surface area contributed by atoms with Crippen LogP contribution in [0, 0.1) is 10.1 Å². The van der Waals surface area contributed by atoms with Crippen LogP contribution in [-0.2, 0) is 12.0 Å². The highest BCUT2D eigenvalue weighted by atomic mass is 16.6. The summed E-state index contributed by atoms with van der Waals surface area (Å²) in [6.07, 6.45) is 0. The Morgan fingerprint density at radius 2 is 1.67 bits per heavy atom. The molecule has 0 aliphatic heterocycles. The third-order valence-corrected chi connectivity index (χ3v) is 3.30. The van der Waals surface area contributed by atoms with Crippen LogP contribution >= 0.6 is 0 Å². The Balaban J connectivity index is 2.09. The molecule has 0 atom stereocenters. The van der Waals surface area contributed by atoms with Gasteiger partial charge in [-0.05, 0) is 29.2 Å². The second-order valence-corrected chi connectivity index (χ2v) is 5.95. The highest BCUT2D eigenvalue weighted by molar-refractivity contribution is 5.40. The standard InChI is InChI=1S/C17H19NO3/c1-17(2,3)14-8-10-15(11-9-14)21-12-13-6-4-5-7-16(13)18(19)20/h4-11H,12H2,1-3H3. The lowest BCUT2D eigenvalue weighted by Crippen LogP contribution is -2.10. The maximum Gasteiger partial charge on any atom is 0.276 e. The lowest BCUT2D eigenvalue weighted by molar-refractivity contribution is -0.385. The fraction of sp³-hybridized carbons (Fsp3) is 0.294. The van der Waals surface area contributed by atoms with Crippen molar-refractivity contribution >= 4 is 5.69 Å². The molecule has 0 aromatic heterocycles. The molecule has 0 radical (unpaired) electrons. The first kappa shape index (κ1) is 15.0. The molecule has 21 heavy (non-hydrogen) atoms. The number of nitro groups is 1. The predicted octanol–water partition coefficient (Wildman–Crippen LogP) is 4.47. The zero-order chi connectivity index (χ0) is 15.5. The number of benzene rings is 2. The third kappa shape index (κ3) is 3.81. The summed E-state index contributed by atoms with van der Waals surface area (Å²) in [5, 5.41) is 10.9. The molecule has 110 valence electrons. The summed E-state index contributed by atoms with van der Waals surface area (Å²) in [5.74, 6) is 0.709. The molecule has 0 heterocycles. The summed E-state index contributed by atoms with van der Waals surface area (Å²) in [4.78, 5) is 10.6. The molecule has 2 aromatic rings. The SMILES string of the molecule is CC(C)(C)c1ccc(OCc2ccccc2[N+](=O)[O-])cc1. The van der Waals surface area contributed by atoms with Crippen LogP contribution in [0.3, 0.4) is 0 Å². The molecule has 0 aliphatic rings. The van der Waals surface area contributed by atoms with E-state index in [0.717, 1.165) is 0 Å². The van der Waals surface area contributed by atoms with Crippen molar-refractivity contribution in [3.8, 4) is 5.75 Å². The molecule has 0 spiro atoms. The molecule has 0 N–H and O–H groups in total. The molecule has 0 unspecified atom stereocenters. The number of para-hydroxylation sites is 1. The van der Waals surface area contributed by atoms with Crippen molar-refractivity contribution < 1.29 is 9.66 Å². The minimum absolute atomic E-state index is 0.0869. The van der Waals surface area contributed by atoms with Gasteiger partial charge in [0.25, 0.3) is 5.69 Å². The average molecular weight is 285 g/mol. The van der Waals surface area contributed by atoms with E-state index in [1.54, 1.807) is 18.2 Å². The minimum Gasteiger partial charge on any atom is -0.489 e. The van der Waals surface area contributed by atoms with Crippen molar-refractivity contribution in [2.24, 2.45) is 0 Å². The number of nitro benzene ring substituents is 1. The van der Waals surface area contributed by atoms with Crippen LogP contribution in [0.4, 0.5) is 5.69 Å². The van der Waals surface area contributed by atoms with Crippen molar-refractivity contribution in [2.45, 2.75) is 32.8 Å². The number of nitrogens with zero attached hydrogens (tertiary/aromatic N) is 1. The number of hydrogen-bond acceptors (Lipinski definition) is 3. The monoisotopic (exact) mass is 285 g/mol. The first-order valence-corrected chi connectivity index (χ1v) is 6.83. The van der Waals surface area contributed by atoms with E-state index in [2.05, 4.69) is 20.8 Å². The molecule has 0 saturated carbocycles. The van der Waals surface area contributed by atoms with Gasteiger partial charge in [0.05, 0.1) is 10.5 Å². The predicted molar refractivity (Wildman–Crippen MR) is 82.6 cm³/mol. The Morgan fingerprint density at radius 3 is 2.24 bits per heavy atom. The maximum absolute atomic E-state index is 10.9. The van der Waals surface area contributed by atoms with Gasteiger partial charge in [-0.1, -0.05) is 45.0 Å². The second-order valence-electron chi connectivity index (χ2n) is 5.95. The molecular formula is C17H19NO3. The van der Waals surface area contributed by atoms with Gasteiger partial charge >= 0.3 is 0 Å². The van der Waals surface area contributed by atoms with E-state index >= 15 is 0 Å².